The number of amides is 1. The zero-order valence-electron chi connectivity index (χ0n) is 19.0. The first kappa shape index (κ1) is 22.0. The minimum Gasteiger partial charge on any atom is -0.489 e. The summed E-state index contributed by atoms with van der Waals surface area (Å²) in [6.45, 7) is 4.97. The Kier molecular flexibility index (Phi) is 5.29. The van der Waals surface area contributed by atoms with Crippen LogP contribution in [0, 0.1) is 23.2 Å². The number of nitrogens with one attached hydrogen (secondary N) is 1. The van der Waals surface area contributed by atoms with Gasteiger partial charge in [0.15, 0.2) is 0 Å². The highest BCUT2D eigenvalue weighted by Gasteiger charge is 2.47. The Morgan fingerprint density at radius 2 is 2.09 bits per heavy atom. The number of nitriles is 1. The summed E-state index contributed by atoms with van der Waals surface area (Å²) in [6, 6.07) is 7.95. The smallest absolute Gasteiger partial charge is 0.404 e. The zero-order valence-corrected chi connectivity index (χ0v) is 19.0. The first-order chi connectivity index (χ1) is 16.2. The Morgan fingerprint density at radius 3 is 2.71 bits per heavy atom. The summed E-state index contributed by atoms with van der Waals surface area (Å²) < 4.78 is 7.39. The van der Waals surface area contributed by atoms with Gasteiger partial charge in [-0.1, -0.05) is 0 Å². The van der Waals surface area contributed by atoms with Gasteiger partial charge in [-0.25, -0.2) is 14.3 Å². The van der Waals surface area contributed by atoms with Crippen molar-refractivity contribution in [1.82, 2.24) is 19.9 Å². The number of fused-ring (bicyclic) bond motifs is 3. The molecule has 3 aromatic heterocycles. The van der Waals surface area contributed by atoms with Crippen LogP contribution in [0.25, 0.3) is 16.6 Å². The number of rotatable bonds is 6. The van der Waals surface area contributed by atoms with Gasteiger partial charge in [0, 0.05) is 36.5 Å². The van der Waals surface area contributed by atoms with Crippen LogP contribution in [0.15, 0.2) is 36.8 Å². The fourth-order valence-corrected chi connectivity index (χ4v) is 4.92. The van der Waals surface area contributed by atoms with Crippen molar-refractivity contribution in [3.05, 3.63) is 42.4 Å². The second-order valence-electron chi connectivity index (χ2n) is 9.70. The number of pyridine rings is 2. The van der Waals surface area contributed by atoms with Crippen molar-refractivity contribution in [1.29, 1.82) is 5.26 Å². The second kappa shape index (κ2) is 8.18. The minimum atomic E-state index is -0.992. The Balaban J connectivity index is 1.41. The van der Waals surface area contributed by atoms with Crippen molar-refractivity contribution < 1.29 is 19.7 Å². The average molecular weight is 463 g/mol. The topological polar surface area (TPSA) is 136 Å². The van der Waals surface area contributed by atoms with Crippen molar-refractivity contribution in [2.45, 2.75) is 31.9 Å². The average Bonchev–Trinajstić information content (AvgIpc) is 3.23. The van der Waals surface area contributed by atoms with Gasteiger partial charge in [-0.3, -0.25) is 0 Å². The lowest BCUT2D eigenvalue weighted by Gasteiger charge is -2.53. The minimum absolute atomic E-state index is 0.0270. The number of carbonyl (C=O) groups is 1. The van der Waals surface area contributed by atoms with Gasteiger partial charge in [-0.15, -0.1) is 0 Å². The van der Waals surface area contributed by atoms with E-state index >= 15 is 0 Å². The van der Waals surface area contributed by atoms with E-state index in [1.54, 1.807) is 30.8 Å². The van der Waals surface area contributed by atoms with Crippen LogP contribution < -0.4 is 15.0 Å². The van der Waals surface area contributed by atoms with Crippen molar-refractivity contribution in [3.63, 3.8) is 0 Å². The molecular formula is C24H26N6O4. The Bertz CT molecular complexity index is 1260. The molecule has 34 heavy (non-hydrogen) atoms. The molecule has 176 valence electrons. The predicted octanol–water partition coefficient (Wildman–Crippen LogP) is 2.51. The Labute approximate surface area is 196 Å². The number of hydrogen-bond donors (Lipinski definition) is 3. The highest BCUT2D eigenvalue weighted by molar-refractivity contribution is 5.85. The maximum Gasteiger partial charge on any atom is 0.404 e. The molecule has 5 heterocycles. The van der Waals surface area contributed by atoms with Gasteiger partial charge in [-0.2, -0.15) is 10.4 Å². The van der Waals surface area contributed by atoms with Crippen molar-refractivity contribution in [3.8, 4) is 22.9 Å². The maximum absolute atomic E-state index is 11.0. The first-order valence-corrected chi connectivity index (χ1v) is 11.2. The monoisotopic (exact) mass is 462 g/mol. The van der Waals surface area contributed by atoms with Crippen LogP contribution in [0.4, 0.5) is 10.6 Å². The molecule has 10 nitrogen and oxygen atoms in total. The van der Waals surface area contributed by atoms with Gasteiger partial charge < -0.3 is 25.2 Å². The number of aromatic nitrogens is 3. The molecule has 3 fully saturated rings. The van der Waals surface area contributed by atoms with E-state index in [9.17, 15) is 15.2 Å². The molecule has 0 spiro atoms. The largest absolute Gasteiger partial charge is 0.489 e. The van der Waals surface area contributed by atoms with Crippen LogP contribution >= 0.6 is 0 Å². The van der Waals surface area contributed by atoms with Crippen LogP contribution in [-0.4, -0.2) is 62.2 Å². The Morgan fingerprint density at radius 1 is 1.32 bits per heavy atom. The summed E-state index contributed by atoms with van der Waals surface area (Å²) >= 11 is 0. The van der Waals surface area contributed by atoms with Gasteiger partial charge >= 0.3 is 6.09 Å². The lowest BCUT2D eigenvalue weighted by atomic mass is 9.66. The number of anilines is 1. The van der Waals surface area contributed by atoms with Gasteiger partial charge in [0.1, 0.15) is 24.2 Å². The third-order valence-corrected chi connectivity index (χ3v) is 6.50. The van der Waals surface area contributed by atoms with E-state index in [0.717, 1.165) is 36.5 Å². The van der Waals surface area contributed by atoms with Crippen molar-refractivity contribution in [2.24, 2.45) is 11.8 Å². The molecule has 0 aromatic carbocycles. The first-order valence-electron chi connectivity index (χ1n) is 11.2. The van der Waals surface area contributed by atoms with Gasteiger partial charge in [0.25, 0.3) is 0 Å². The summed E-state index contributed by atoms with van der Waals surface area (Å²) in [5.74, 6) is 1.96. The molecule has 3 aromatic rings. The van der Waals surface area contributed by atoms with Crippen molar-refractivity contribution in [2.75, 3.05) is 24.6 Å². The highest BCUT2D eigenvalue weighted by Crippen LogP contribution is 2.41. The van der Waals surface area contributed by atoms with Gasteiger partial charge in [0.05, 0.1) is 29.1 Å². The van der Waals surface area contributed by atoms with E-state index in [-0.39, 0.29) is 12.6 Å². The number of nitrogens with zero attached hydrogens (tertiary/aromatic N) is 5. The summed E-state index contributed by atoms with van der Waals surface area (Å²) in [7, 11) is 0. The predicted molar refractivity (Wildman–Crippen MR) is 124 cm³/mol. The number of aliphatic hydroxyl groups is 1. The molecule has 3 N–H and O–H groups in total. The van der Waals surface area contributed by atoms with Crippen LogP contribution in [0.5, 0.6) is 5.75 Å². The van der Waals surface area contributed by atoms with Gasteiger partial charge in [0.2, 0.25) is 0 Å². The van der Waals surface area contributed by atoms with E-state index in [4.69, 9.17) is 9.84 Å². The highest BCUT2D eigenvalue weighted by atomic mass is 16.5. The van der Waals surface area contributed by atoms with E-state index in [1.807, 2.05) is 18.2 Å². The maximum atomic E-state index is 11.0. The molecule has 0 radical (unpaired) electrons. The molecule has 10 heteroatoms. The molecule has 0 unspecified atom stereocenters. The lowest BCUT2D eigenvalue weighted by molar-refractivity contribution is 0.0283. The number of ether oxygens (including phenoxy) is 1. The molecule has 1 saturated carbocycles. The van der Waals surface area contributed by atoms with Gasteiger partial charge in [-0.05, 0) is 50.3 Å². The second-order valence-corrected chi connectivity index (χ2v) is 9.70. The standard InChI is InChI=1S/C24H26N6O4/c1-24(2,33)13-34-18-6-19(22-17(7-25)9-27-30(22)12-18)14-3-4-20(26-8-14)29-10-15-5-16(11-29)21(15)28-23(31)32/h3-4,6,8-9,12,15-16,21,28,33H,5,10-11,13H2,1-2H3,(H,31,32)/t15-,16+,21+. The molecule has 3 atom stereocenters. The van der Waals surface area contributed by atoms with E-state index in [2.05, 4.69) is 26.4 Å². The van der Waals surface area contributed by atoms with E-state index in [0.29, 0.717) is 28.7 Å². The van der Waals surface area contributed by atoms with Crippen molar-refractivity contribution >= 4 is 17.4 Å². The van der Waals surface area contributed by atoms with E-state index < -0.39 is 11.7 Å². The molecule has 1 aliphatic carbocycles. The fraction of sp³-hybridized carbons (Fsp3) is 0.417. The quantitative estimate of drug-likeness (QED) is 0.508. The zero-order chi connectivity index (χ0) is 24.0. The fourth-order valence-electron chi connectivity index (χ4n) is 4.92. The Hall–Kier alpha value is -3.84. The normalized spacial score (nSPS) is 21.6. The van der Waals surface area contributed by atoms with Crippen LogP contribution in [0.2, 0.25) is 0 Å². The lowest BCUT2D eigenvalue weighted by Crippen LogP contribution is -2.64. The third-order valence-electron chi connectivity index (χ3n) is 6.50. The van der Waals surface area contributed by atoms with Crippen LogP contribution in [-0.2, 0) is 0 Å². The molecule has 1 amide bonds. The van der Waals surface area contributed by atoms with E-state index in [1.165, 1.54) is 6.20 Å². The summed E-state index contributed by atoms with van der Waals surface area (Å²) in [5.41, 5.74) is 1.69. The molecule has 3 aliphatic rings. The van der Waals surface area contributed by atoms with Crippen LogP contribution in [0.3, 0.4) is 0 Å². The third kappa shape index (κ3) is 4.10. The summed E-state index contributed by atoms with van der Waals surface area (Å²) in [6.07, 6.45) is 5.04. The summed E-state index contributed by atoms with van der Waals surface area (Å²) in [5, 5.41) is 35.5. The molecule has 2 aliphatic heterocycles. The van der Waals surface area contributed by atoms with Crippen LogP contribution in [0.1, 0.15) is 25.8 Å². The SMILES string of the molecule is CC(C)(O)COc1cc(-c2ccc(N3C[C@H]4C[C@@H](C3)[C@H]4NC(=O)O)nc2)c2c(C#N)cnn2c1. The number of piperidine rings is 2. The summed E-state index contributed by atoms with van der Waals surface area (Å²) in [4.78, 5) is 17.9. The molecular weight excluding hydrogens is 436 g/mol. The molecule has 2 saturated heterocycles. The molecule has 6 rings (SSSR count). The molecule has 2 bridgehead atoms. The number of hydrogen-bond acceptors (Lipinski definition) is 7. The number of carboxylic acid groups (broad SMARTS) is 1.